The topological polar surface area (TPSA) is 79.7 Å². The van der Waals surface area contributed by atoms with Gasteiger partial charge in [-0.15, -0.1) is 10.1 Å². The van der Waals surface area contributed by atoms with E-state index in [-0.39, 0.29) is 11.5 Å². The summed E-state index contributed by atoms with van der Waals surface area (Å²) in [5.41, 5.74) is 5.78. The summed E-state index contributed by atoms with van der Waals surface area (Å²) in [6.07, 6.45) is 1.77. The van der Waals surface area contributed by atoms with Crippen LogP contribution in [-0.2, 0) is 4.79 Å². The third-order valence-corrected chi connectivity index (χ3v) is 5.64. The zero-order valence-electron chi connectivity index (χ0n) is 19.0. The molecule has 1 aliphatic rings. The van der Waals surface area contributed by atoms with Crippen molar-refractivity contribution in [1.82, 2.24) is 10.7 Å². The Balaban J connectivity index is 1.71. The smallest absolute Gasteiger partial charge is 0.304 e. The van der Waals surface area contributed by atoms with E-state index < -0.39 is 23.8 Å². The van der Waals surface area contributed by atoms with E-state index in [9.17, 15) is 14.0 Å². The van der Waals surface area contributed by atoms with Crippen molar-refractivity contribution in [1.29, 1.82) is 0 Å². The summed E-state index contributed by atoms with van der Waals surface area (Å²) in [7, 11) is 3.11. The van der Waals surface area contributed by atoms with Gasteiger partial charge in [0.15, 0.2) is 17.5 Å². The highest BCUT2D eigenvalue weighted by molar-refractivity contribution is 5.98. The van der Waals surface area contributed by atoms with Crippen molar-refractivity contribution < 1.29 is 28.1 Å². The molecule has 0 unspecified atom stereocenters. The molecule has 34 heavy (non-hydrogen) atoms. The van der Waals surface area contributed by atoms with Crippen LogP contribution >= 0.6 is 0 Å². The molecule has 1 saturated heterocycles. The molecule has 0 bridgehead atoms. The van der Waals surface area contributed by atoms with Gasteiger partial charge < -0.3 is 14.8 Å². The number of methoxy groups -OCH3 is 2. The molecule has 0 saturated carbocycles. The Morgan fingerprint density at radius 2 is 1.68 bits per heavy atom. The van der Waals surface area contributed by atoms with Crippen LogP contribution in [0.4, 0.5) is 4.39 Å². The molecule has 4 rings (SSSR count). The third kappa shape index (κ3) is 4.76. The molecule has 0 spiro atoms. The van der Waals surface area contributed by atoms with E-state index in [0.717, 1.165) is 16.7 Å². The molecule has 1 aliphatic heterocycles. The maximum Gasteiger partial charge on any atom is 0.304 e. The van der Waals surface area contributed by atoms with Gasteiger partial charge in [-0.1, -0.05) is 29.8 Å². The second kappa shape index (κ2) is 9.74. The van der Waals surface area contributed by atoms with E-state index in [1.165, 1.54) is 24.3 Å². The maximum absolute atomic E-state index is 13.3. The fraction of sp³-hybridized carbons (Fsp3) is 0.192. The summed E-state index contributed by atoms with van der Waals surface area (Å²) < 4.78 is 25.6. The zero-order chi connectivity index (χ0) is 24.2. The minimum Gasteiger partial charge on any atom is -0.493 e. The van der Waals surface area contributed by atoms with Gasteiger partial charge in [-0.25, -0.2) is 4.39 Å². The van der Waals surface area contributed by atoms with Crippen molar-refractivity contribution in [3.63, 3.8) is 0 Å². The Hall–Kier alpha value is -4.20. The number of hydrogen-bond donors (Lipinski definition) is 2. The van der Waals surface area contributed by atoms with E-state index in [2.05, 4.69) is 10.7 Å². The van der Waals surface area contributed by atoms with E-state index >= 15 is 0 Å². The lowest BCUT2D eigenvalue weighted by molar-refractivity contribution is -0.596. The van der Waals surface area contributed by atoms with E-state index in [0.29, 0.717) is 11.5 Å². The summed E-state index contributed by atoms with van der Waals surface area (Å²) in [5.74, 6) is -0.133. The Kier molecular flexibility index (Phi) is 6.58. The predicted octanol–water partition coefficient (Wildman–Crippen LogP) is 3.17. The first-order chi connectivity index (χ1) is 16.4. The number of carbonyl (C=O) groups excluding carboxylic acids is 2. The number of benzene rings is 3. The maximum atomic E-state index is 13.3. The molecule has 7 nitrogen and oxygen atoms in total. The number of hydrazone groups is 1. The number of nitrogens with one attached hydrogen (secondary N) is 2. The second-order valence-electron chi connectivity index (χ2n) is 7.94. The van der Waals surface area contributed by atoms with Gasteiger partial charge in [0.05, 0.1) is 14.2 Å². The summed E-state index contributed by atoms with van der Waals surface area (Å²) in [6, 6.07) is 16.9. The standard InChI is InChI=1S/C26H24FN3O4/c1-16-4-7-18(8-5-16)24-23(28-25(31)19-9-11-20(27)12-10-19)26(32)29-30(24)15-17-6-13-21(33-2)22(14-17)34-3/h4-15,23-24H,1-3H3,(H-,28,29,31,32)/p+1/b30-15-/t23-,24-/m0/s1. The van der Waals surface area contributed by atoms with Crippen molar-refractivity contribution in [3.8, 4) is 11.5 Å². The van der Waals surface area contributed by atoms with E-state index in [1.54, 1.807) is 37.3 Å². The number of ether oxygens (including phenoxy) is 2. The van der Waals surface area contributed by atoms with Crippen molar-refractivity contribution >= 4 is 18.0 Å². The molecule has 3 aromatic rings. The Bertz CT molecular complexity index is 1240. The number of rotatable bonds is 6. The normalized spacial score (nSPS) is 18.5. The van der Waals surface area contributed by atoms with Crippen LogP contribution in [0, 0.1) is 12.7 Å². The molecule has 0 aromatic heterocycles. The number of amides is 2. The Morgan fingerprint density at radius 1 is 1.00 bits per heavy atom. The van der Waals surface area contributed by atoms with Gasteiger partial charge in [0.2, 0.25) is 12.3 Å². The van der Waals surface area contributed by atoms with Crippen LogP contribution in [0.1, 0.15) is 33.1 Å². The first-order valence-electron chi connectivity index (χ1n) is 10.7. The fourth-order valence-corrected chi connectivity index (χ4v) is 3.86. The van der Waals surface area contributed by atoms with Gasteiger partial charge >= 0.3 is 5.91 Å². The minimum atomic E-state index is -0.878. The largest absolute Gasteiger partial charge is 0.493 e. The number of halogens is 1. The van der Waals surface area contributed by atoms with Crippen LogP contribution in [-0.4, -0.2) is 43.0 Å². The molecule has 3 aromatic carbocycles. The summed E-state index contributed by atoms with van der Waals surface area (Å²) in [5, 5.41) is 2.80. The number of hydrogen-bond acceptors (Lipinski definition) is 4. The molecule has 2 amide bonds. The monoisotopic (exact) mass is 462 g/mol. The number of carbonyl (C=O) groups is 2. The number of nitrogens with zero attached hydrogens (tertiary/aromatic N) is 1. The lowest BCUT2D eigenvalue weighted by atomic mass is 9.98. The van der Waals surface area contributed by atoms with Crippen molar-refractivity contribution in [3.05, 3.63) is 94.8 Å². The second-order valence-corrected chi connectivity index (χ2v) is 7.94. The number of aryl methyl sites for hydroxylation is 1. The molecule has 1 fully saturated rings. The molecule has 8 heteroatoms. The van der Waals surface area contributed by atoms with E-state index in [1.807, 2.05) is 37.3 Å². The van der Waals surface area contributed by atoms with Gasteiger partial charge in [0, 0.05) is 16.7 Å². The van der Waals surface area contributed by atoms with Crippen LogP contribution in [0.15, 0.2) is 66.7 Å². The lowest BCUT2D eigenvalue weighted by Crippen LogP contribution is -2.42. The predicted molar refractivity (Wildman–Crippen MR) is 125 cm³/mol. The lowest BCUT2D eigenvalue weighted by Gasteiger charge is -2.15. The molecular weight excluding hydrogens is 437 g/mol. The highest BCUT2D eigenvalue weighted by Crippen LogP contribution is 2.29. The van der Waals surface area contributed by atoms with Crippen molar-refractivity contribution in [2.24, 2.45) is 0 Å². The Labute approximate surface area is 196 Å². The molecule has 2 atom stereocenters. The summed E-state index contributed by atoms with van der Waals surface area (Å²) in [4.78, 5) is 25.8. The minimum absolute atomic E-state index is 0.263. The highest BCUT2D eigenvalue weighted by atomic mass is 19.1. The highest BCUT2D eigenvalue weighted by Gasteiger charge is 2.47. The summed E-state index contributed by atoms with van der Waals surface area (Å²) >= 11 is 0. The zero-order valence-corrected chi connectivity index (χ0v) is 19.0. The van der Waals surface area contributed by atoms with Crippen molar-refractivity contribution in [2.75, 3.05) is 14.2 Å². The molecule has 2 N–H and O–H groups in total. The van der Waals surface area contributed by atoms with Gasteiger partial charge in [-0.3, -0.25) is 9.59 Å². The van der Waals surface area contributed by atoms with E-state index in [4.69, 9.17) is 9.47 Å². The number of hydrazine groups is 1. The van der Waals surface area contributed by atoms with Gasteiger partial charge in [-0.2, -0.15) is 0 Å². The molecular formula is C26H25FN3O4+. The van der Waals surface area contributed by atoms with Gasteiger partial charge in [0.1, 0.15) is 5.82 Å². The fourth-order valence-electron chi connectivity index (χ4n) is 3.86. The quantitative estimate of drug-likeness (QED) is 0.552. The van der Waals surface area contributed by atoms with Gasteiger partial charge in [0.25, 0.3) is 5.91 Å². The van der Waals surface area contributed by atoms with Crippen LogP contribution in [0.3, 0.4) is 0 Å². The Morgan fingerprint density at radius 3 is 2.32 bits per heavy atom. The molecule has 1 heterocycles. The molecule has 0 aliphatic carbocycles. The molecule has 174 valence electrons. The van der Waals surface area contributed by atoms with Crippen LogP contribution < -0.4 is 20.2 Å². The van der Waals surface area contributed by atoms with Crippen LogP contribution in [0.5, 0.6) is 11.5 Å². The average Bonchev–Trinajstić information content (AvgIpc) is 3.14. The first-order valence-corrected chi connectivity index (χ1v) is 10.7. The SMILES string of the molecule is COc1ccc(/C=[N+]2\NC(=O)[C@@H](NC(=O)c3ccc(F)cc3)[C@@H]2c2ccc(C)cc2)cc1OC. The molecule has 0 radical (unpaired) electrons. The van der Waals surface area contributed by atoms with Crippen LogP contribution in [0.25, 0.3) is 0 Å². The van der Waals surface area contributed by atoms with Crippen LogP contribution in [0.2, 0.25) is 0 Å². The summed E-state index contributed by atoms with van der Waals surface area (Å²) in [6.45, 7) is 1.98. The average molecular weight is 463 g/mol. The van der Waals surface area contributed by atoms with Gasteiger partial charge in [-0.05, 0) is 49.4 Å². The third-order valence-electron chi connectivity index (χ3n) is 5.64. The van der Waals surface area contributed by atoms with Crippen molar-refractivity contribution in [2.45, 2.75) is 19.0 Å². The first kappa shape index (κ1) is 23.0.